The Hall–Kier alpha value is -3.48. The maximum absolute atomic E-state index is 12.2. The van der Waals surface area contributed by atoms with E-state index in [0.717, 1.165) is 5.56 Å². The Balaban J connectivity index is 1.78. The van der Waals surface area contributed by atoms with E-state index in [0.29, 0.717) is 22.6 Å². The van der Waals surface area contributed by atoms with E-state index in [1.807, 2.05) is 13.0 Å². The highest BCUT2D eigenvalue weighted by Gasteiger charge is 2.11. The summed E-state index contributed by atoms with van der Waals surface area (Å²) in [5, 5.41) is 2.60. The highest BCUT2D eigenvalue weighted by molar-refractivity contribution is 5.93. The van der Waals surface area contributed by atoms with Gasteiger partial charge in [0.15, 0.2) is 0 Å². The largest absolute Gasteiger partial charge is 0.456 e. The number of benzene rings is 1. The molecular weight excluding hydrogens is 334 g/mol. The molecule has 0 fully saturated rings. The number of amides is 1. The lowest BCUT2D eigenvalue weighted by molar-refractivity contribution is -0.114. The fraction of sp³-hybridized carbons (Fsp3) is 0.158. The van der Waals surface area contributed by atoms with Crippen molar-refractivity contribution in [3.8, 4) is 0 Å². The maximum atomic E-state index is 12.2. The molecule has 0 unspecified atom stereocenters. The Morgan fingerprint density at radius 3 is 2.77 bits per heavy atom. The first-order chi connectivity index (χ1) is 12.4. The van der Waals surface area contributed by atoms with Crippen molar-refractivity contribution in [1.29, 1.82) is 0 Å². The Morgan fingerprint density at radius 1 is 1.19 bits per heavy atom. The number of ether oxygens (including phenoxy) is 1. The van der Waals surface area contributed by atoms with Gasteiger partial charge in [-0.15, -0.1) is 0 Å². The Kier molecular flexibility index (Phi) is 4.79. The predicted octanol–water partition coefficient (Wildman–Crippen LogP) is 2.32. The van der Waals surface area contributed by atoms with Crippen LogP contribution in [0.15, 0.2) is 53.5 Å². The standard InChI is InChI=1S/C19H17N3O4/c1-12-5-4-8-22-17(24)10-16(21-18(12)22)11-26-19(25)14-6-3-7-15(9-14)20-13(2)23/h3-10H,11H2,1-2H3,(H,20,23). The van der Waals surface area contributed by atoms with Crippen LogP contribution < -0.4 is 10.9 Å². The number of carbonyl (C=O) groups is 2. The number of anilines is 1. The highest BCUT2D eigenvalue weighted by Crippen LogP contribution is 2.13. The van der Waals surface area contributed by atoms with Crippen molar-refractivity contribution < 1.29 is 14.3 Å². The summed E-state index contributed by atoms with van der Waals surface area (Å²) in [7, 11) is 0. The highest BCUT2D eigenvalue weighted by atomic mass is 16.5. The normalized spacial score (nSPS) is 10.5. The predicted molar refractivity (Wildman–Crippen MR) is 96.1 cm³/mol. The molecule has 1 amide bonds. The van der Waals surface area contributed by atoms with Gasteiger partial charge < -0.3 is 10.1 Å². The van der Waals surface area contributed by atoms with Gasteiger partial charge in [-0.25, -0.2) is 9.78 Å². The van der Waals surface area contributed by atoms with Crippen LogP contribution in [-0.4, -0.2) is 21.3 Å². The van der Waals surface area contributed by atoms with Gasteiger partial charge in [-0.05, 0) is 36.8 Å². The van der Waals surface area contributed by atoms with Crippen LogP contribution in [0.1, 0.15) is 28.5 Å². The molecule has 2 heterocycles. The van der Waals surface area contributed by atoms with Crippen LogP contribution in [0.2, 0.25) is 0 Å². The van der Waals surface area contributed by atoms with E-state index >= 15 is 0 Å². The number of aryl methyl sites for hydroxylation is 1. The number of pyridine rings is 1. The second-order valence-corrected chi connectivity index (χ2v) is 5.81. The Bertz CT molecular complexity index is 1060. The van der Waals surface area contributed by atoms with Crippen LogP contribution >= 0.6 is 0 Å². The average Bonchev–Trinajstić information content (AvgIpc) is 2.60. The van der Waals surface area contributed by atoms with E-state index in [1.54, 1.807) is 30.5 Å². The third-order valence-electron chi connectivity index (χ3n) is 3.71. The molecule has 0 saturated heterocycles. The molecule has 0 bridgehead atoms. The van der Waals surface area contributed by atoms with E-state index in [2.05, 4.69) is 10.3 Å². The smallest absolute Gasteiger partial charge is 0.338 e. The van der Waals surface area contributed by atoms with Gasteiger partial charge in [0.05, 0.1) is 11.3 Å². The number of rotatable bonds is 4. The number of esters is 1. The molecule has 0 aliphatic heterocycles. The molecule has 0 aliphatic carbocycles. The summed E-state index contributed by atoms with van der Waals surface area (Å²) in [6.45, 7) is 3.12. The zero-order chi connectivity index (χ0) is 18.7. The minimum Gasteiger partial charge on any atom is -0.456 e. The van der Waals surface area contributed by atoms with Gasteiger partial charge in [0.1, 0.15) is 12.3 Å². The van der Waals surface area contributed by atoms with Gasteiger partial charge in [-0.3, -0.25) is 14.0 Å². The van der Waals surface area contributed by atoms with Gasteiger partial charge in [-0.1, -0.05) is 12.1 Å². The first-order valence-corrected chi connectivity index (χ1v) is 7.97. The molecule has 132 valence electrons. The minimum absolute atomic E-state index is 0.122. The lowest BCUT2D eigenvalue weighted by Crippen LogP contribution is -2.17. The number of hydrogen-bond acceptors (Lipinski definition) is 5. The van der Waals surface area contributed by atoms with Gasteiger partial charge in [0, 0.05) is 24.9 Å². The third kappa shape index (κ3) is 3.77. The fourth-order valence-corrected chi connectivity index (χ4v) is 2.53. The molecule has 7 heteroatoms. The molecular formula is C19H17N3O4. The van der Waals surface area contributed by atoms with Crippen molar-refractivity contribution in [3.63, 3.8) is 0 Å². The number of hydrogen-bond donors (Lipinski definition) is 1. The quantitative estimate of drug-likeness (QED) is 0.729. The average molecular weight is 351 g/mol. The molecule has 2 aromatic heterocycles. The van der Waals surface area contributed by atoms with Gasteiger partial charge >= 0.3 is 5.97 Å². The zero-order valence-corrected chi connectivity index (χ0v) is 14.4. The molecule has 0 radical (unpaired) electrons. The molecule has 0 aliphatic rings. The first kappa shape index (κ1) is 17.3. The van der Waals surface area contributed by atoms with Gasteiger partial charge in [0.25, 0.3) is 5.56 Å². The summed E-state index contributed by atoms with van der Waals surface area (Å²) in [4.78, 5) is 39.9. The summed E-state index contributed by atoms with van der Waals surface area (Å²) in [5.74, 6) is -0.796. The van der Waals surface area contributed by atoms with Crippen molar-refractivity contribution >= 4 is 23.2 Å². The summed E-state index contributed by atoms with van der Waals surface area (Å²) < 4.78 is 6.70. The molecule has 1 N–H and O–H groups in total. The van der Waals surface area contributed by atoms with Crippen molar-refractivity contribution in [2.75, 3.05) is 5.32 Å². The minimum atomic E-state index is -0.566. The van der Waals surface area contributed by atoms with E-state index in [4.69, 9.17) is 4.74 Å². The monoisotopic (exact) mass is 351 g/mol. The van der Waals surface area contributed by atoms with Crippen LogP contribution in [0, 0.1) is 6.92 Å². The van der Waals surface area contributed by atoms with Gasteiger partial charge in [0.2, 0.25) is 5.91 Å². The Morgan fingerprint density at radius 2 is 2.00 bits per heavy atom. The summed E-state index contributed by atoms with van der Waals surface area (Å²) in [6.07, 6.45) is 1.64. The summed E-state index contributed by atoms with van der Waals surface area (Å²) in [5.41, 5.74) is 2.31. The van der Waals surface area contributed by atoms with Gasteiger partial charge in [-0.2, -0.15) is 0 Å². The van der Waals surface area contributed by atoms with Crippen molar-refractivity contribution in [1.82, 2.24) is 9.38 Å². The number of carbonyl (C=O) groups excluding carboxylic acids is 2. The van der Waals surface area contributed by atoms with Crippen LogP contribution in [0.3, 0.4) is 0 Å². The zero-order valence-electron chi connectivity index (χ0n) is 14.4. The summed E-state index contributed by atoms with van der Waals surface area (Å²) in [6, 6.07) is 11.4. The van der Waals surface area contributed by atoms with Crippen LogP contribution in [0.25, 0.3) is 5.65 Å². The van der Waals surface area contributed by atoms with Crippen LogP contribution in [-0.2, 0) is 16.1 Å². The lowest BCUT2D eigenvalue weighted by Gasteiger charge is -2.08. The molecule has 0 atom stereocenters. The summed E-state index contributed by atoms with van der Waals surface area (Å²) >= 11 is 0. The molecule has 26 heavy (non-hydrogen) atoms. The molecule has 1 aromatic carbocycles. The third-order valence-corrected chi connectivity index (χ3v) is 3.71. The molecule has 3 aromatic rings. The SMILES string of the molecule is CC(=O)Nc1cccc(C(=O)OCc2cc(=O)n3cccc(C)c3n2)c1. The molecule has 0 spiro atoms. The molecule has 0 saturated carbocycles. The van der Waals surface area contributed by atoms with E-state index < -0.39 is 5.97 Å². The number of nitrogens with zero attached hydrogens (tertiary/aromatic N) is 2. The van der Waals surface area contributed by atoms with Crippen molar-refractivity contribution in [2.45, 2.75) is 20.5 Å². The van der Waals surface area contributed by atoms with Crippen LogP contribution in [0.5, 0.6) is 0 Å². The van der Waals surface area contributed by atoms with Crippen molar-refractivity contribution in [3.05, 3.63) is 75.8 Å². The second-order valence-electron chi connectivity index (χ2n) is 5.81. The van der Waals surface area contributed by atoms with E-state index in [-0.39, 0.29) is 18.1 Å². The van der Waals surface area contributed by atoms with Crippen molar-refractivity contribution in [2.24, 2.45) is 0 Å². The first-order valence-electron chi connectivity index (χ1n) is 7.97. The number of nitrogens with one attached hydrogen (secondary N) is 1. The maximum Gasteiger partial charge on any atom is 0.338 e. The lowest BCUT2D eigenvalue weighted by atomic mass is 10.2. The number of aromatic nitrogens is 2. The van der Waals surface area contributed by atoms with E-state index in [9.17, 15) is 14.4 Å². The topological polar surface area (TPSA) is 89.8 Å². The number of fused-ring (bicyclic) bond motifs is 1. The molecule has 3 rings (SSSR count). The fourth-order valence-electron chi connectivity index (χ4n) is 2.53. The van der Waals surface area contributed by atoms with E-state index in [1.165, 1.54) is 23.5 Å². The molecule has 7 nitrogen and oxygen atoms in total. The van der Waals surface area contributed by atoms with Crippen LogP contribution in [0.4, 0.5) is 5.69 Å². The second kappa shape index (κ2) is 7.18. The Labute approximate surface area is 149 Å².